The van der Waals surface area contributed by atoms with Gasteiger partial charge in [-0.1, -0.05) is 30.3 Å². The fourth-order valence-electron chi connectivity index (χ4n) is 3.91. The summed E-state index contributed by atoms with van der Waals surface area (Å²) in [5, 5.41) is 16.4. The Bertz CT molecular complexity index is 1040. The van der Waals surface area contributed by atoms with Crippen LogP contribution in [0, 0.1) is 0 Å². The summed E-state index contributed by atoms with van der Waals surface area (Å²) in [6, 6.07) is 18.3. The average molecular weight is 405 g/mol. The molecule has 148 valence electrons. The molecule has 3 aromatic rings. The van der Waals surface area contributed by atoms with Gasteiger partial charge in [0, 0.05) is 23.2 Å². The van der Waals surface area contributed by atoms with Crippen molar-refractivity contribution < 1.29 is 5.11 Å². The van der Waals surface area contributed by atoms with Gasteiger partial charge in [-0.25, -0.2) is 4.99 Å². The van der Waals surface area contributed by atoms with E-state index in [1.807, 2.05) is 12.1 Å². The van der Waals surface area contributed by atoms with Crippen molar-refractivity contribution in [2.75, 3.05) is 30.4 Å². The minimum atomic E-state index is 0.241. The molecule has 0 bridgehead atoms. The van der Waals surface area contributed by atoms with Crippen LogP contribution in [0.25, 0.3) is 10.4 Å². The molecule has 2 aliphatic heterocycles. The largest absolute Gasteiger partial charge is 0.508 e. The van der Waals surface area contributed by atoms with Gasteiger partial charge in [0.25, 0.3) is 0 Å². The third-order valence-corrected chi connectivity index (χ3v) is 6.60. The van der Waals surface area contributed by atoms with Crippen LogP contribution in [0.5, 0.6) is 5.75 Å². The van der Waals surface area contributed by atoms with Crippen molar-refractivity contribution >= 4 is 28.5 Å². The number of aliphatic imine (C=N–C) groups is 1. The van der Waals surface area contributed by atoms with Crippen molar-refractivity contribution in [2.45, 2.75) is 19.4 Å². The van der Waals surface area contributed by atoms with E-state index in [0.29, 0.717) is 6.67 Å². The van der Waals surface area contributed by atoms with E-state index in [4.69, 9.17) is 0 Å². The number of thiophene rings is 1. The second-order valence-electron chi connectivity index (χ2n) is 7.55. The maximum Gasteiger partial charge on any atom is 0.146 e. The van der Waals surface area contributed by atoms with E-state index >= 15 is 0 Å². The first-order valence-electron chi connectivity index (χ1n) is 10.0. The number of amidine groups is 1. The molecule has 3 heterocycles. The lowest BCUT2D eigenvalue weighted by molar-refractivity contribution is 0.331. The Morgan fingerprint density at radius 1 is 1.07 bits per heavy atom. The van der Waals surface area contributed by atoms with Crippen molar-refractivity contribution in [1.82, 2.24) is 4.90 Å². The summed E-state index contributed by atoms with van der Waals surface area (Å²) in [4.78, 5) is 9.44. The molecule has 2 aromatic carbocycles. The minimum absolute atomic E-state index is 0.241. The lowest BCUT2D eigenvalue weighted by Gasteiger charge is -2.16. The molecule has 5 nitrogen and oxygen atoms in total. The SMILES string of the molecule is Oc1cccc(NC2=NCNc3cc(-c4ccc(CN5CCCC5)cc4)sc32)c1. The number of nitrogens with zero attached hydrogens (tertiary/aromatic N) is 2. The number of hydrogen-bond acceptors (Lipinski definition) is 6. The van der Waals surface area contributed by atoms with Gasteiger partial charge in [-0.2, -0.15) is 0 Å². The lowest BCUT2D eigenvalue weighted by Crippen LogP contribution is -2.20. The zero-order chi connectivity index (χ0) is 19.6. The highest BCUT2D eigenvalue weighted by atomic mass is 32.1. The predicted octanol–water partition coefficient (Wildman–Crippen LogP) is 4.96. The molecule has 0 aliphatic carbocycles. The fourth-order valence-corrected chi connectivity index (χ4v) is 5.01. The van der Waals surface area contributed by atoms with Crippen LogP contribution in [0.15, 0.2) is 59.6 Å². The standard InChI is InChI=1S/C23H24N4OS/c28-19-5-3-4-18(12-19)26-23-22-20(24-15-25-23)13-21(29-22)17-8-6-16(7-9-17)14-27-10-1-2-11-27/h3-9,12-13,24,28H,1-2,10-11,14-15H2,(H,25,26). The Kier molecular flexibility index (Phi) is 4.96. The predicted molar refractivity (Wildman–Crippen MR) is 121 cm³/mol. The number of anilines is 2. The van der Waals surface area contributed by atoms with E-state index in [0.717, 1.165) is 28.6 Å². The molecule has 29 heavy (non-hydrogen) atoms. The van der Waals surface area contributed by atoms with Crippen LogP contribution in [0.4, 0.5) is 11.4 Å². The van der Waals surface area contributed by atoms with E-state index in [2.05, 4.69) is 50.9 Å². The molecule has 0 amide bonds. The molecule has 0 spiro atoms. The number of hydrogen-bond donors (Lipinski definition) is 3. The summed E-state index contributed by atoms with van der Waals surface area (Å²) >= 11 is 1.73. The molecule has 6 heteroatoms. The van der Waals surface area contributed by atoms with Crippen LogP contribution in [-0.2, 0) is 6.54 Å². The van der Waals surface area contributed by atoms with Gasteiger partial charge in [0.05, 0.1) is 10.6 Å². The maximum absolute atomic E-state index is 9.71. The Morgan fingerprint density at radius 2 is 1.90 bits per heavy atom. The molecule has 0 atom stereocenters. The molecule has 0 unspecified atom stereocenters. The number of rotatable bonds is 4. The number of nitrogens with one attached hydrogen (secondary N) is 2. The third kappa shape index (κ3) is 3.99. The number of fused-ring (bicyclic) bond motifs is 1. The van der Waals surface area contributed by atoms with Gasteiger partial charge >= 0.3 is 0 Å². The average Bonchev–Trinajstić information content (AvgIpc) is 3.39. The normalized spacial score (nSPS) is 16.2. The summed E-state index contributed by atoms with van der Waals surface area (Å²) in [6.07, 6.45) is 2.65. The van der Waals surface area contributed by atoms with E-state index in [1.54, 1.807) is 23.5 Å². The van der Waals surface area contributed by atoms with Crippen LogP contribution in [0.1, 0.15) is 23.3 Å². The smallest absolute Gasteiger partial charge is 0.146 e. The Labute approximate surface area is 174 Å². The van der Waals surface area contributed by atoms with Gasteiger partial charge in [-0.15, -0.1) is 11.3 Å². The van der Waals surface area contributed by atoms with Crippen molar-refractivity contribution in [3.05, 3.63) is 65.0 Å². The van der Waals surface area contributed by atoms with Crippen molar-refractivity contribution in [3.63, 3.8) is 0 Å². The molecular formula is C23H24N4OS. The highest BCUT2D eigenvalue weighted by molar-refractivity contribution is 7.18. The molecule has 1 fully saturated rings. The number of likely N-dealkylation sites (tertiary alicyclic amines) is 1. The van der Waals surface area contributed by atoms with Crippen molar-refractivity contribution in [2.24, 2.45) is 4.99 Å². The van der Waals surface area contributed by atoms with Crippen LogP contribution in [-0.4, -0.2) is 35.6 Å². The molecule has 0 radical (unpaired) electrons. The Hall–Kier alpha value is -2.83. The molecule has 0 saturated carbocycles. The summed E-state index contributed by atoms with van der Waals surface area (Å²) < 4.78 is 0. The third-order valence-electron chi connectivity index (χ3n) is 5.41. The Balaban J connectivity index is 1.35. The van der Waals surface area contributed by atoms with Crippen LogP contribution >= 0.6 is 11.3 Å². The first-order valence-corrected chi connectivity index (χ1v) is 10.9. The quantitative estimate of drug-likeness (QED) is 0.575. The summed E-state index contributed by atoms with van der Waals surface area (Å²) in [6.45, 7) is 4.03. The van der Waals surface area contributed by atoms with Gasteiger partial charge in [-0.05, 0) is 55.3 Å². The van der Waals surface area contributed by atoms with Gasteiger partial charge in [0.2, 0.25) is 0 Å². The Morgan fingerprint density at radius 3 is 2.69 bits per heavy atom. The summed E-state index contributed by atoms with van der Waals surface area (Å²) in [5.41, 5.74) is 4.54. The van der Waals surface area contributed by atoms with Gasteiger partial charge in [0.15, 0.2) is 0 Å². The zero-order valence-electron chi connectivity index (χ0n) is 16.2. The van der Waals surface area contributed by atoms with E-state index in [-0.39, 0.29) is 5.75 Å². The highest BCUT2D eigenvalue weighted by Gasteiger charge is 2.19. The maximum atomic E-state index is 9.71. The highest BCUT2D eigenvalue weighted by Crippen LogP contribution is 2.37. The molecule has 1 saturated heterocycles. The topological polar surface area (TPSA) is 59.9 Å². The number of phenolic OH excluding ortho intramolecular Hbond substituents is 1. The first kappa shape index (κ1) is 18.2. The molecule has 3 N–H and O–H groups in total. The lowest BCUT2D eigenvalue weighted by atomic mass is 10.1. The first-order chi connectivity index (χ1) is 14.2. The minimum Gasteiger partial charge on any atom is -0.508 e. The monoisotopic (exact) mass is 404 g/mol. The molecule has 5 rings (SSSR count). The summed E-state index contributed by atoms with van der Waals surface area (Å²) in [7, 11) is 0. The van der Waals surface area contributed by atoms with Crippen LogP contribution in [0.3, 0.4) is 0 Å². The molecular weight excluding hydrogens is 380 g/mol. The van der Waals surface area contributed by atoms with Crippen LogP contribution in [0.2, 0.25) is 0 Å². The van der Waals surface area contributed by atoms with E-state index < -0.39 is 0 Å². The summed E-state index contributed by atoms with van der Waals surface area (Å²) in [5.74, 6) is 1.08. The fraction of sp³-hybridized carbons (Fsp3) is 0.261. The zero-order valence-corrected chi connectivity index (χ0v) is 17.0. The second kappa shape index (κ2) is 7.89. The van der Waals surface area contributed by atoms with Crippen molar-refractivity contribution in [1.29, 1.82) is 0 Å². The van der Waals surface area contributed by atoms with Crippen molar-refractivity contribution in [3.8, 4) is 16.2 Å². The number of aromatic hydroxyl groups is 1. The molecule has 1 aromatic heterocycles. The number of phenols is 1. The number of benzene rings is 2. The second-order valence-corrected chi connectivity index (χ2v) is 8.60. The van der Waals surface area contributed by atoms with Gasteiger partial charge < -0.3 is 15.7 Å². The van der Waals surface area contributed by atoms with E-state index in [1.165, 1.54) is 41.9 Å². The van der Waals surface area contributed by atoms with Gasteiger partial charge in [0.1, 0.15) is 18.3 Å². The molecule has 2 aliphatic rings. The van der Waals surface area contributed by atoms with E-state index in [9.17, 15) is 5.11 Å². The van der Waals surface area contributed by atoms with Crippen LogP contribution < -0.4 is 10.6 Å². The van der Waals surface area contributed by atoms with Gasteiger partial charge in [-0.3, -0.25) is 4.90 Å².